The molecule has 0 amide bonds. The van der Waals surface area contributed by atoms with Crippen LogP contribution in [0.1, 0.15) is 24.8 Å². The molecule has 9 heteroatoms. The molecule has 0 fully saturated rings. The Morgan fingerprint density at radius 1 is 1.29 bits per heavy atom. The Labute approximate surface area is 165 Å². The molecule has 0 aromatic carbocycles. The molecule has 0 atom stereocenters. The molecule has 28 heavy (non-hydrogen) atoms. The zero-order valence-corrected chi connectivity index (χ0v) is 16.5. The summed E-state index contributed by atoms with van der Waals surface area (Å²) in [7, 11) is 0. The summed E-state index contributed by atoms with van der Waals surface area (Å²) in [4.78, 5) is 26.3. The van der Waals surface area contributed by atoms with Gasteiger partial charge >= 0.3 is 5.69 Å². The Bertz CT molecular complexity index is 1110. The standard InChI is InChI=1S/C19H22FN5O2S/c1-13(2)24-10-15(3-6-18(24)26)17-5-4-16(28-17)11-23-12-22-25(19(23)27)9-14(7-20)8-21/h3-7,10,12-13H,8-9,11,21H2,1-2H3/b14-7+. The smallest absolute Gasteiger partial charge is 0.327 e. The average molecular weight is 403 g/mol. The number of aromatic nitrogens is 4. The number of hydrogen-bond acceptors (Lipinski definition) is 5. The molecular weight excluding hydrogens is 381 g/mol. The zero-order chi connectivity index (χ0) is 20.3. The minimum Gasteiger partial charge on any atom is -0.327 e. The lowest BCUT2D eigenvalue weighted by Crippen LogP contribution is -2.26. The molecule has 0 unspecified atom stereocenters. The summed E-state index contributed by atoms with van der Waals surface area (Å²) in [6.45, 7) is 4.35. The Balaban J connectivity index is 1.81. The van der Waals surface area contributed by atoms with Gasteiger partial charge in [-0.15, -0.1) is 11.3 Å². The van der Waals surface area contributed by atoms with Crippen molar-refractivity contribution in [2.75, 3.05) is 6.54 Å². The molecule has 0 saturated carbocycles. The molecule has 3 aromatic heterocycles. The fraction of sp³-hybridized carbons (Fsp3) is 0.316. The van der Waals surface area contributed by atoms with Crippen LogP contribution in [-0.4, -0.2) is 25.5 Å². The summed E-state index contributed by atoms with van der Waals surface area (Å²) in [5.41, 5.74) is 6.32. The van der Waals surface area contributed by atoms with Crippen LogP contribution in [0.2, 0.25) is 0 Å². The Morgan fingerprint density at radius 3 is 2.75 bits per heavy atom. The van der Waals surface area contributed by atoms with Crippen LogP contribution in [0.3, 0.4) is 0 Å². The van der Waals surface area contributed by atoms with Crippen molar-refractivity contribution in [3.8, 4) is 10.4 Å². The van der Waals surface area contributed by atoms with Gasteiger partial charge in [-0.25, -0.2) is 13.9 Å². The molecule has 148 valence electrons. The van der Waals surface area contributed by atoms with Crippen molar-refractivity contribution in [3.05, 3.63) is 74.4 Å². The zero-order valence-electron chi connectivity index (χ0n) is 15.7. The number of nitrogens with zero attached hydrogens (tertiary/aromatic N) is 4. The monoisotopic (exact) mass is 403 g/mol. The predicted octanol–water partition coefficient (Wildman–Crippen LogP) is 2.38. The van der Waals surface area contributed by atoms with Crippen molar-refractivity contribution in [2.45, 2.75) is 33.0 Å². The van der Waals surface area contributed by atoms with Crippen molar-refractivity contribution in [3.63, 3.8) is 0 Å². The Kier molecular flexibility index (Phi) is 6.05. The van der Waals surface area contributed by atoms with E-state index in [2.05, 4.69) is 5.10 Å². The molecule has 0 spiro atoms. The third kappa shape index (κ3) is 4.20. The number of hydrogen-bond donors (Lipinski definition) is 1. The van der Waals surface area contributed by atoms with Gasteiger partial charge in [0.1, 0.15) is 6.33 Å². The molecule has 0 radical (unpaired) electrons. The molecule has 0 aliphatic carbocycles. The van der Waals surface area contributed by atoms with E-state index in [1.807, 2.05) is 32.2 Å². The Hall–Kier alpha value is -2.78. The molecule has 0 saturated heterocycles. The molecule has 3 heterocycles. The number of rotatable bonds is 7. The van der Waals surface area contributed by atoms with Gasteiger partial charge in [0.05, 0.1) is 19.4 Å². The summed E-state index contributed by atoms with van der Waals surface area (Å²) in [6.07, 6.45) is 3.70. The third-order valence-electron chi connectivity index (χ3n) is 4.33. The number of halogens is 1. The molecule has 0 bridgehead atoms. The van der Waals surface area contributed by atoms with E-state index in [9.17, 15) is 14.0 Å². The van der Waals surface area contributed by atoms with E-state index in [1.54, 1.807) is 28.0 Å². The lowest BCUT2D eigenvalue weighted by Gasteiger charge is -2.10. The van der Waals surface area contributed by atoms with Gasteiger partial charge in [0.25, 0.3) is 5.56 Å². The quantitative estimate of drug-likeness (QED) is 0.656. The molecule has 0 aliphatic rings. The largest absolute Gasteiger partial charge is 0.346 e. The van der Waals surface area contributed by atoms with E-state index in [1.165, 1.54) is 15.6 Å². The van der Waals surface area contributed by atoms with Crippen LogP contribution >= 0.6 is 11.3 Å². The van der Waals surface area contributed by atoms with E-state index in [0.717, 1.165) is 15.3 Å². The predicted molar refractivity (Wildman–Crippen MR) is 108 cm³/mol. The SMILES string of the molecule is CC(C)n1cc(-c2ccc(Cn3cnn(C/C(=C/F)CN)c3=O)s2)ccc1=O. The summed E-state index contributed by atoms with van der Waals surface area (Å²) in [6, 6.07) is 7.36. The molecular formula is C19H22FN5O2S. The molecule has 7 nitrogen and oxygen atoms in total. The van der Waals surface area contributed by atoms with Crippen LogP contribution in [-0.2, 0) is 13.1 Å². The second kappa shape index (κ2) is 8.49. The van der Waals surface area contributed by atoms with Crippen LogP contribution in [0, 0.1) is 0 Å². The van der Waals surface area contributed by atoms with E-state index in [0.29, 0.717) is 18.4 Å². The van der Waals surface area contributed by atoms with Crippen molar-refractivity contribution >= 4 is 11.3 Å². The highest BCUT2D eigenvalue weighted by atomic mass is 32.1. The van der Waals surface area contributed by atoms with E-state index < -0.39 is 0 Å². The highest BCUT2D eigenvalue weighted by molar-refractivity contribution is 7.15. The molecule has 0 aliphatic heterocycles. The lowest BCUT2D eigenvalue weighted by atomic mass is 10.2. The highest BCUT2D eigenvalue weighted by Gasteiger charge is 2.10. The van der Waals surface area contributed by atoms with Gasteiger partial charge in [-0.3, -0.25) is 9.36 Å². The van der Waals surface area contributed by atoms with Crippen molar-refractivity contribution in [1.82, 2.24) is 18.9 Å². The molecule has 3 aromatic rings. The summed E-state index contributed by atoms with van der Waals surface area (Å²) >= 11 is 1.54. The summed E-state index contributed by atoms with van der Waals surface area (Å²) < 4.78 is 17.0. The number of pyridine rings is 1. The van der Waals surface area contributed by atoms with Gasteiger partial charge in [-0.2, -0.15) is 5.10 Å². The van der Waals surface area contributed by atoms with Gasteiger partial charge in [0.2, 0.25) is 0 Å². The maximum absolute atomic E-state index is 12.7. The van der Waals surface area contributed by atoms with E-state index >= 15 is 0 Å². The second-order valence-electron chi connectivity index (χ2n) is 6.69. The maximum atomic E-state index is 12.7. The summed E-state index contributed by atoms with van der Waals surface area (Å²) in [5, 5.41) is 4.02. The van der Waals surface area contributed by atoms with E-state index in [-0.39, 0.29) is 30.4 Å². The van der Waals surface area contributed by atoms with Crippen LogP contribution in [0.25, 0.3) is 10.4 Å². The van der Waals surface area contributed by atoms with Gasteiger partial charge in [-0.1, -0.05) is 0 Å². The first kappa shape index (κ1) is 20.0. The van der Waals surface area contributed by atoms with Gasteiger partial charge in [0.15, 0.2) is 0 Å². The summed E-state index contributed by atoms with van der Waals surface area (Å²) in [5.74, 6) is 0. The minimum absolute atomic E-state index is 0.0304. The average Bonchev–Trinajstić information content (AvgIpc) is 3.28. The van der Waals surface area contributed by atoms with Crippen LogP contribution < -0.4 is 17.0 Å². The van der Waals surface area contributed by atoms with Gasteiger partial charge < -0.3 is 10.3 Å². The Morgan fingerprint density at radius 2 is 2.07 bits per heavy atom. The number of thiophene rings is 1. The maximum Gasteiger partial charge on any atom is 0.346 e. The normalized spacial score (nSPS) is 12.1. The highest BCUT2D eigenvalue weighted by Crippen LogP contribution is 2.28. The first-order chi connectivity index (χ1) is 13.4. The van der Waals surface area contributed by atoms with E-state index in [4.69, 9.17) is 5.73 Å². The van der Waals surface area contributed by atoms with Crippen molar-refractivity contribution in [2.24, 2.45) is 5.73 Å². The lowest BCUT2D eigenvalue weighted by molar-refractivity contribution is 0.579. The van der Waals surface area contributed by atoms with Crippen molar-refractivity contribution in [1.29, 1.82) is 0 Å². The fourth-order valence-corrected chi connectivity index (χ4v) is 3.76. The molecule has 3 rings (SSSR count). The van der Waals surface area contributed by atoms with Gasteiger partial charge in [0, 0.05) is 40.2 Å². The van der Waals surface area contributed by atoms with Crippen molar-refractivity contribution < 1.29 is 4.39 Å². The minimum atomic E-state index is -0.323. The van der Waals surface area contributed by atoms with Crippen LogP contribution in [0.15, 0.2) is 58.3 Å². The first-order valence-electron chi connectivity index (χ1n) is 8.84. The van der Waals surface area contributed by atoms with Gasteiger partial charge in [-0.05, 0) is 37.6 Å². The molecule has 2 N–H and O–H groups in total. The topological polar surface area (TPSA) is 87.8 Å². The second-order valence-corrected chi connectivity index (χ2v) is 7.86. The van der Waals surface area contributed by atoms with Crippen LogP contribution in [0.4, 0.5) is 4.39 Å². The first-order valence-corrected chi connectivity index (χ1v) is 9.66. The third-order valence-corrected chi connectivity index (χ3v) is 5.45. The number of nitrogens with two attached hydrogens (primary N) is 1. The fourth-order valence-electron chi connectivity index (χ4n) is 2.76. The van der Waals surface area contributed by atoms with Crippen LogP contribution in [0.5, 0.6) is 0 Å².